The van der Waals surface area contributed by atoms with Crippen molar-refractivity contribution in [3.8, 4) is 5.82 Å². The summed E-state index contributed by atoms with van der Waals surface area (Å²) in [6, 6.07) is 40.2. The number of aryl methyl sites for hydroxylation is 2. The molecule has 0 radical (unpaired) electrons. The fourth-order valence-corrected chi connectivity index (χ4v) is 13.2. The first-order valence-electron chi connectivity index (χ1n) is 23.6. The van der Waals surface area contributed by atoms with Crippen LogP contribution in [0.25, 0.3) is 27.6 Å². The second kappa shape index (κ2) is 14.8. The predicted molar refractivity (Wildman–Crippen MR) is 278 cm³/mol. The molecule has 1 aliphatic carbocycles. The molecule has 4 nitrogen and oxygen atoms in total. The van der Waals surface area contributed by atoms with Crippen molar-refractivity contribution >= 4 is 55.7 Å². The summed E-state index contributed by atoms with van der Waals surface area (Å²) >= 11 is 1.95. The molecule has 0 fully saturated rings. The molecular formula is C60H66N4PtS. The van der Waals surface area contributed by atoms with Crippen molar-refractivity contribution in [2.24, 2.45) is 4.99 Å². The molecule has 3 aliphatic rings. The summed E-state index contributed by atoms with van der Waals surface area (Å²) in [6.45, 7) is 40.0. The molecule has 7 aromatic rings. The molecule has 0 unspecified atom stereocenters. The van der Waals surface area contributed by atoms with Gasteiger partial charge >= 0.3 is 21.1 Å². The molecule has 10 rings (SSSR count). The van der Waals surface area contributed by atoms with Crippen LogP contribution >= 0.6 is 11.8 Å². The van der Waals surface area contributed by atoms with Crippen LogP contribution < -0.4 is 4.90 Å². The van der Waals surface area contributed by atoms with Gasteiger partial charge in [-0.15, -0.1) is 57.6 Å². The molecule has 2 atom stereocenters. The number of benzene rings is 5. The Morgan fingerprint density at radius 1 is 0.621 bits per heavy atom. The van der Waals surface area contributed by atoms with E-state index >= 15 is 0 Å². The minimum absolute atomic E-state index is 0. The van der Waals surface area contributed by atoms with Gasteiger partial charge < -0.3 is 14.5 Å². The van der Waals surface area contributed by atoms with Crippen LogP contribution in [0.3, 0.4) is 0 Å². The molecule has 2 aromatic heterocycles. The van der Waals surface area contributed by atoms with Crippen molar-refractivity contribution < 1.29 is 21.1 Å². The predicted octanol–water partition coefficient (Wildman–Crippen LogP) is 15.9. The molecule has 6 heteroatoms. The van der Waals surface area contributed by atoms with Gasteiger partial charge in [0.05, 0.1) is 10.3 Å². The first kappa shape index (κ1) is 46.7. The second-order valence-corrected chi connectivity index (χ2v) is 25.2. The molecule has 342 valence electrons. The van der Waals surface area contributed by atoms with E-state index in [1.807, 2.05) is 18.0 Å². The molecular weight excluding hydrogens is 1000 g/mol. The van der Waals surface area contributed by atoms with E-state index in [1.165, 1.54) is 55.3 Å². The quantitative estimate of drug-likeness (QED) is 0.165. The van der Waals surface area contributed by atoms with Gasteiger partial charge in [0.25, 0.3) is 0 Å². The van der Waals surface area contributed by atoms with E-state index in [0.717, 1.165) is 50.1 Å². The number of hydrogen-bond acceptors (Lipinski definition) is 4. The molecule has 2 aliphatic heterocycles. The third-order valence-corrected chi connectivity index (χ3v) is 17.4. The van der Waals surface area contributed by atoms with Crippen molar-refractivity contribution in [3.05, 3.63) is 159 Å². The molecule has 0 saturated carbocycles. The summed E-state index contributed by atoms with van der Waals surface area (Å²) in [4.78, 5) is 13.4. The standard InChI is InChI=1S/C60H66N4S.Pt/c1-35-28-36(2)48(33-40(35)53-62-60(17)58(14,15)52-44(56(9,10)11)29-38(55(6,7)8)30-45(52)59(60,16)65-53)63-47-25-21-19-23-42(47)57(12,13)43-32-41-39-22-18-20-24-46(39)64(49(41)34-50(43)63)51-31-37(26-27-61-51)54(3,4)5;/h18-32H,1-17H3;/q-2;+2/t59-,60+;/m0./s1. The van der Waals surface area contributed by atoms with Crippen LogP contribution in [0.1, 0.15) is 159 Å². The van der Waals surface area contributed by atoms with E-state index in [9.17, 15) is 0 Å². The number of pyridine rings is 1. The average molecular weight is 1070 g/mol. The van der Waals surface area contributed by atoms with E-state index in [4.69, 9.17) is 9.98 Å². The van der Waals surface area contributed by atoms with Gasteiger partial charge in [0, 0.05) is 27.9 Å². The summed E-state index contributed by atoms with van der Waals surface area (Å²) in [5, 5.41) is 3.45. The van der Waals surface area contributed by atoms with Crippen molar-refractivity contribution in [1.29, 1.82) is 0 Å². The van der Waals surface area contributed by atoms with Gasteiger partial charge in [0.15, 0.2) is 0 Å². The molecule has 0 N–H and O–H groups in total. The van der Waals surface area contributed by atoms with Gasteiger partial charge in [0.2, 0.25) is 0 Å². The van der Waals surface area contributed by atoms with Gasteiger partial charge in [-0.05, 0) is 104 Å². The van der Waals surface area contributed by atoms with Crippen molar-refractivity contribution in [2.75, 3.05) is 4.90 Å². The number of nitrogens with zero attached hydrogens (tertiary/aromatic N) is 4. The summed E-state index contributed by atoms with van der Waals surface area (Å²) in [6.07, 6.45) is 1.96. The number of aliphatic imine (C=N–C) groups is 1. The molecule has 0 amide bonds. The van der Waals surface area contributed by atoms with Crippen LogP contribution in [-0.2, 0) is 52.9 Å². The first-order valence-corrected chi connectivity index (χ1v) is 24.4. The summed E-state index contributed by atoms with van der Waals surface area (Å²) < 4.78 is 2.04. The summed E-state index contributed by atoms with van der Waals surface area (Å²) in [5.74, 6) is 0.903. The Labute approximate surface area is 413 Å². The second-order valence-electron chi connectivity index (χ2n) is 23.8. The maximum atomic E-state index is 5.94. The Bertz CT molecular complexity index is 3200. The zero-order chi connectivity index (χ0) is 46.8. The van der Waals surface area contributed by atoms with Crippen molar-refractivity contribution in [1.82, 2.24) is 9.55 Å². The van der Waals surface area contributed by atoms with E-state index in [2.05, 4.69) is 224 Å². The van der Waals surface area contributed by atoms with Gasteiger partial charge in [-0.3, -0.25) is 0 Å². The topological polar surface area (TPSA) is 33.4 Å². The number of aromatic nitrogens is 2. The minimum atomic E-state index is -0.399. The number of hydrogen-bond donors (Lipinski definition) is 0. The summed E-state index contributed by atoms with van der Waals surface area (Å²) in [5.41, 5.74) is 17.4. The first-order chi connectivity index (χ1) is 30.2. The Morgan fingerprint density at radius 3 is 1.97 bits per heavy atom. The fourth-order valence-electron chi connectivity index (χ4n) is 11.5. The normalized spacial score (nSPS) is 20.7. The Balaban J connectivity index is 0.00000548. The number of rotatable bonds is 3. The van der Waals surface area contributed by atoms with Gasteiger partial charge in [0.1, 0.15) is 5.82 Å². The number of anilines is 3. The summed E-state index contributed by atoms with van der Waals surface area (Å²) in [7, 11) is 0. The van der Waals surface area contributed by atoms with Crippen LogP contribution in [0.5, 0.6) is 0 Å². The van der Waals surface area contributed by atoms with Crippen LogP contribution in [-0.4, -0.2) is 20.1 Å². The number of thioether (sulfide) groups is 1. The molecule has 0 spiro atoms. The van der Waals surface area contributed by atoms with Gasteiger partial charge in [-0.25, -0.2) is 4.98 Å². The van der Waals surface area contributed by atoms with Gasteiger partial charge in [-0.1, -0.05) is 164 Å². The number of fused-ring (bicyclic) bond motifs is 8. The molecule has 0 bridgehead atoms. The van der Waals surface area contributed by atoms with Crippen LogP contribution in [0.4, 0.5) is 17.1 Å². The Hall–Kier alpha value is -4.44. The zero-order valence-electron chi connectivity index (χ0n) is 42.2. The minimum Gasteiger partial charge on any atom is -0.352 e. The third kappa shape index (κ3) is 6.48. The molecule has 4 heterocycles. The van der Waals surface area contributed by atoms with Crippen LogP contribution in [0.2, 0.25) is 0 Å². The van der Waals surface area contributed by atoms with E-state index in [-0.39, 0.29) is 52.9 Å². The fraction of sp³-hybridized carbons (Fsp3) is 0.400. The zero-order valence-corrected chi connectivity index (χ0v) is 45.3. The molecule has 0 saturated heterocycles. The van der Waals surface area contributed by atoms with E-state index in [0.29, 0.717) is 0 Å². The monoisotopic (exact) mass is 1070 g/mol. The van der Waals surface area contributed by atoms with Crippen molar-refractivity contribution in [2.45, 2.75) is 155 Å². The SMILES string of the molecule is Cc1cc(C)c(N2c3[c-]c4c(cc3C(C)(C)c3ccccc32)c2ccccc2n4-c2cc(C(C)(C)C)ccn2)[c-]c1C1=N[C@]2(C)C(C)(C)c3c(C(C)(C)C)cc(C(C)(C)C)cc3[C@]2(C)S1.[Pt+2]. The van der Waals surface area contributed by atoms with Gasteiger partial charge in [-0.2, -0.15) is 6.07 Å². The largest absolute Gasteiger partial charge is 2.00 e. The number of para-hydroxylation sites is 2. The third-order valence-electron chi connectivity index (χ3n) is 15.9. The van der Waals surface area contributed by atoms with E-state index in [1.54, 1.807) is 0 Å². The van der Waals surface area contributed by atoms with Crippen LogP contribution in [0.15, 0.2) is 96.1 Å². The van der Waals surface area contributed by atoms with E-state index < -0.39 is 5.54 Å². The molecule has 5 aromatic carbocycles. The smallest absolute Gasteiger partial charge is 0.352 e. The Morgan fingerprint density at radius 2 is 1.29 bits per heavy atom. The Kier molecular flexibility index (Phi) is 10.4. The van der Waals surface area contributed by atoms with Crippen LogP contribution in [0, 0.1) is 26.0 Å². The van der Waals surface area contributed by atoms with Crippen molar-refractivity contribution in [3.63, 3.8) is 0 Å². The maximum Gasteiger partial charge on any atom is 2.00 e. The average Bonchev–Trinajstić information content (AvgIpc) is 3.74. The maximum absolute atomic E-state index is 5.94. The molecule has 66 heavy (non-hydrogen) atoms.